The van der Waals surface area contributed by atoms with Gasteiger partial charge in [-0.1, -0.05) is 42.1 Å². The topological polar surface area (TPSA) is 70.5 Å². The first kappa shape index (κ1) is 18.2. The van der Waals surface area contributed by atoms with E-state index in [0.29, 0.717) is 16.6 Å². The molecule has 2 aromatic carbocycles. The molecule has 28 heavy (non-hydrogen) atoms. The Balaban J connectivity index is 1.70. The maximum atomic E-state index is 13.1. The summed E-state index contributed by atoms with van der Waals surface area (Å²) in [5.74, 6) is 0.277. The minimum absolute atomic E-state index is 0.206. The molecule has 0 aliphatic rings. The lowest BCUT2D eigenvalue weighted by Gasteiger charge is -2.07. The summed E-state index contributed by atoms with van der Waals surface area (Å²) < 4.78 is 17.9. The Bertz CT molecular complexity index is 1160. The standard InChI is InChI=1S/C19H17FN6OS/c1-13-17(18(27)26(24(13)2)16-6-4-3-5-7-16)25-19(21-22-23-25)28-12-14-8-10-15(20)11-9-14/h3-11H,12H2,1-2H3. The fourth-order valence-corrected chi connectivity index (χ4v) is 3.77. The van der Waals surface area contributed by atoms with E-state index in [1.165, 1.54) is 28.6 Å². The van der Waals surface area contributed by atoms with E-state index in [1.807, 2.05) is 44.3 Å². The van der Waals surface area contributed by atoms with E-state index in [1.54, 1.807) is 21.5 Å². The molecular formula is C19H17FN6OS. The van der Waals surface area contributed by atoms with Crippen LogP contribution in [0.4, 0.5) is 4.39 Å². The first-order valence-corrected chi connectivity index (χ1v) is 9.55. The molecule has 0 saturated carbocycles. The number of tetrazole rings is 1. The van der Waals surface area contributed by atoms with Crippen LogP contribution in [0.2, 0.25) is 0 Å². The van der Waals surface area contributed by atoms with Crippen molar-refractivity contribution >= 4 is 11.8 Å². The van der Waals surface area contributed by atoms with Gasteiger partial charge in [0.2, 0.25) is 5.16 Å². The average molecular weight is 396 g/mol. The molecule has 0 bridgehead atoms. The van der Waals surface area contributed by atoms with E-state index in [9.17, 15) is 9.18 Å². The number of benzene rings is 2. The number of rotatable bonds is 5. The van der Waals surface area contributed by atoms with Crippen LogP contribution in [-0.4, -0.2) is 29.6 Å². The highest BCUT2D eigenvalue weighted by molar-refractivity contribution is 7.98. The second-order valence-corrected chi connectivity index (χ2v) is 7.14. The minimum Gasteiger partial charge on any atom is -0.283 e. The number of para-hydroxylation sites is 1. The molecular weight excluding hydrogens is 379 g/mol. The van der Waals surface area contributed by atoms with E-state index >= 15 is 0 Å². The molecule has 0 aliphatic heterocycles. The Morgan fingerprint density at radius 1 is 1.07 bits per heavy atom. The van der Waals surface area contributed by atoms with Crippen molar-refractivity contribution < 1.29 is 4.39 Å². The van der Waals surface area contributed by atoms with Gasteiger partial charge >= 0.3 is 0 Å². The number of hydrogen-bond donors (Lipinski definition) is 0. The van der Waals surface area contributed by atoms with Crippen LogP contribution in [0.5, 0.6) is 0 Å². The Labute approximate surface area is 164 Å². The first-order chi connectivity index (χ1) is 13.6. The van der Waals surface area contributed by atoms with Crippen LogP contribution in [-0.2, 0) is 12.8 Å². The summed E-state index contributed by atoms with van der Waals surface area (Å²) in [6.45, 7) is 1.85. The zero-order valence-corrected chi connectivity index (χ0v) is 16.1. The Kier molecular flexibility index (Phi) is 4.82. The minimum atomic E-state index is -0.278. The van der Waals surface area contributed by atoms with Crippen molar-refractivity contribution in [1.29, 1.82) is 0 Å². The average Bonchev–Trinajstić information content (AvgIpc) is 3.24. The van der Waals surface area contributed by atoms with Gasteiger partial charge in [0.25, 0.3) is 5.56 Å². The fraction of sp³-hybridized carbons (Fsp3) is 0.158. The summed E-state index contributed by atoms with van der Waals surface area (Å²) in [6.07, 6.45) is 0. The molecule has 0 radical (unpaired) electrons. The van der Waals surface area contributed by atoms with Gasteiger partial charge in [0.05, 0.1) is 11.4 Å². The van der Waals surface area contributed by atoms with E-state index in [-0.39, 0.29) is 11.4 Å². The van der Waals surface area contributed by atoms with Crippen molar-refractivity contribution in [3.63, 3.8) is 0 Å². The van der Waals surface area contributed by atoms with Crippen LogP contribution in [0.3, 0.4) is 0 Å². The highest BCUT2D eigenvalue weighted by Crippen LogP contribution is 2.23. The molecule has 4 aromatic rings. The SMILES string of the molecule is Cc1c(-n2nnnc2SCc2ccc(F)cc2)c(=O)n(-c2ccccc2)n1C. The van der Waals surface area contributed by atoms with E-state index < -0.39 is 0 Å². The molecule has 142 valence electrons. The molecule has 7 nitrogen and oxygen atoms in total. The molecule has 0 amide bonds. The molecule has 9 heteroatoms. The van der Waals surface area contributed by atoms with Gasteiger partial charge in [-0.25, -0.2) is 9.07 Å². The highest BCUT2D eigenvalue weighted by atomic mass is 32.2. The molecule has 0 fully saturated rings. The van der Waals surface area contributed by atoms with Gasteiger partial charge in [0.1, 0.15) is 5.82 Å². The van der Waals surface area contributed by atoms with Crippen molar-refractivity contribution in [3.05, 3.63) is 82.0 Å². The molecule has 2 heterocycles. The Hall–Kier alpha value is -3.20. The fourth-order valence-electron chi connectivity index (χ4n) is 2.94. The number of nitrogens with zero attached hydrogens (tertiary/aromatic N) is 6. The molecule has 4 rings (SSSR count). The normalized spacial score (nSPS) is 11.1. The highest BCUT2D eigenvalue weighted by Gasteiger charge is 2.21. The zero-order chi connectivity index (χ0) is 19.7. The molecule has 0 saturated heterocycles. The zero-order valence-electron chi connectivity index (χ0n) is 15.3. The Morgan fingerprint density at radius 3 is 2.50 bits per heavy atom. The van der Waals surface area contributed by atoms with Gasteiger partial charge in [-0.3, -0.25) is 9.48 Å². The predicted molar refractivity (Wildman–Crippen MR) is 104 cm³/mol. The van der Waals surface area contributed by atoms with Crippen LogP contribution < -0.4 is 5.56 Å². The third-order valence-corrected chi connectivity index (χ3v) is 5.45. The Morgan fingerprint density at radius 2 is 1.79 bits per heavy atom. The molecule has 0 N–H and O–H groups in total. The van der Waals surface area contributed by atoms with E-state index in [2.05, 4.69) is 15.5 Å². The molecule has 0 atom stereocenters. The van der Waals surface area contributed by atoms with Crippen LogP contribution in [0, 0.1) is 12.7 Å². The second kappa shape index (κ2) is 7.43. The van der Waals surface area contributed by atoms with Crippen LogP contribution >= 0.6 is 11.8 Å². The van der Waals surface area contributed by atoms with Gasteiger partial charge in [-0.15, -0.1) is 5.10 Å². The molecule has 2 aromatic heterocycles. The van der Waals surface area contributed by atoms with Crippen molar-refractivity contribution in [2.45, 2.75) is 17.8 Å². The third kappa shape index (κ3) is 3.24. The number of hydrogen-bond acceptors (Lipinski definition) is 5. The lowest BCUT2D eigenvalue weighted by atomic mass is 10.2. The largest absolute Gasteiger partial charge is 0.297 e. The quantitative estimate of drug-likeness (QED) is 0.485. The van der Waals surface area contributed by atoms with Crippen molar-refractivity contribution in [2.24, 2.45) is 7.05 Å². The maximum Gasteiger partial charge on any atom is 0.297 e. The number of halogens is 1. The van der Waals surface area contributed by atoms with Gasteiger partial charge in [-0.2, -0.15) is 4.68 Å². The van der Waals surface area contributed by atoms with Crippen molar-refractivity contribution in [2.75, 3.05) is 0 Å². The van der Waals surface area contributed by atoms with Gasteiger partial charge in [0.15, 0.2) is 5.69 Å². The lowest BCUT2D eigenvalue weighted by Crippen LogP contribution is -2.22. The van der Waals surface area contributed by atoms with Crippen molar-refractivity contribution in [3.8, 4) is 11.4 Å². The first-order valence-electron chi connectivity index (χ1n) is 8.56. The smallest absolute Gasteiger partial charge is 0.283 e. The molecule has 0 spiro atoms. The van der Waals surface area contributed by atoms with Gasteiger partial charge in [-0.05, 0) is 47.2 Å². The number of aromatic nitrogens is 6. The number of thioether (sulfide) groups is 1. The van der Waals surface area contributed by atoms with E-state index in [0.717, 1.165) is 16.9 Å². The summed E-state index contributed by atoms with van der Waals surface area (Å²) in [7, 11) is 1.82. The molecule has 0 unspecified atom stereocenters. The lowest BCUT2D eigenvalue weighted by molar-refractivity contribution is 0.627. The predicted octanol–water partition coefficient (Wildman–Crippen LogP) is 2.89. The summed E-state index contributed by atoms with van der Waals surface area (Å²) in [5.41, 5.74) is 2.63. The monoisotopic (exact) mass is 396 g/mol. The van der Waals surface area contributed by atoms with Crippen LogP contribution in [0.25, 0.3) is 11.4 Å². The molecule has 0 aliphatic carbocycles. The van der Waals surface area contributed by atoms with Crippen LogP contribution in [0.1, 0.15) is 11.3 Å². The van der Waals surface area contributed by atoms with Crippen molar-refractivity contribution in [1.82, 2.24) is 29.6 Å². The summed E-state index contributed by atoms with van der Waals surface area (Å²) in [6, 6.07) is 15.7. The van der Waals surface area contributed by atoms with E-state index in [4.69, 9.17) is 0 Å². The third-order valence-electron chi connectivity index (χ3n) is 4.46. The summed E-state index contributed by atoms with van der Waals surface area (Å²) >= 11 is 1.38. The maximum absolute atomic E-state index is 13.1. The summed E-state index contributed by atoms with van der Waals surface area (Å²) in [5, 5.41) is 12.3. The van der Waals surface area contributed by atoms with Crippen LogP contribution in [0.15, 0.2) is 64.5 Å². The van der Waals surface area contributed by atoms with Gasteiger partial charge in [0, 0.05) is 12.8 Å². The second-order valence-electron chi connectivity index (χ2n) is 6.20. The summed E-state index contributed by atoms with van der Waals surface area (Å²) in [4.78, 5) is 13.1. The van der Waals surface area contributed by atoms with Gasteiger partial charge < -0.3 is 0 Å².